The third-order valence-corrected chi connectivity index (χ3v) is 4.28. The van der Waals surface area contributed by atoms with Crippen LogP contribution in [0, 0.1) is 0 Å². The molecule has 0 saturated carbocycles. The number of carbonyl (C=O) groups excluding carboxylic acids is 1. The minimum absolute atomic E-state index is 0.130. The number of rotatable bonds is 3. The molecule has 1 saturated heterocycles. The maximum atomic E-state index is 12.0. The Kier molecular flexibility index (Phi) is 5.08. The Hall–Kier alpha value is -1.83. The number of aromatic carboxylic acids is 1. The van der Waals surface area contributed by atoms with Crippen molar-refractivity contribution in [2.24, 2.45) is 0 Å². The minimum Gasteiger partial charge on any atom is -0.478 e. The number of ether oxygens (including phenoxy) is 1. The van der Waals surface area contributed by atoms with Gasteiger partial charge in [-0.25, -0.2) is 9.59 Å². The summed E-state index contributed by atoms with van der Waals surface area (Å²) >= 11 is 3.37. The molecule has 8 heteroatoms. The molecule has 1 aliphatic heterocycles. The molecule has 2 N–H and O–H groups in total. The number of hydrogen-bond acceptors (Lipinski definition) is 5. The van der Waals surface area contributed by atoms with Gasteiger partial charge in [0.05, 0.1) is 15.7 Å². The lowest BCUT2D eigenvalue weighted by molar-refractivity contribution is 0.0472. The number of halogens is 1. The van der Waals surface area contributed by atoms with Gasteiger partial charge in [-0.15, -0.1) is 0 Å². The first-order valence-corrected chi connectivity index (χ1v) is 8.43. The molecule has 1 atom stereocenters. The van der Waals surface area contributed by atoms with Gasteiger partial charge in [-0.3, -0.25) is 4.98 Å². The second-order valence-corrected chi connectivity index (χ2v) is 8.04. The van der Waals surface area contributed by atoms with Gasteiger partial charge in [-0.1, -0.05) is 0 Å². The number of carbonyl (C=O) groups is 2. The maximum absolute atomic E-state index is 12.0. The molecule has 0 aromatic carbocycles. The molecule has 2 heterocycles. The molecule has 0 bridgehead atoms. The van der Waals surface area contributed by atoms with Crippen molar-refractivity contribution in [3.63, 3.8) is 0 Å². The number of pyridine rings is 1. The third-order valence-electron chi connectivity index (χ3n) is 3.70. The van der Waals surface area contributed by atoms with E-state index in [0.717, 1.165) is 0 Å². The maximum Gasteiger partial charge on any atom is 0.408 e. The minimum atomic E-state index is -1.03. The predicted octanol–water partition coefficient (Wildman–Crippen LogP) is 3.04. The molecule has 0 aliphatic carbocycles. The summed E-state index contributed by atoms with van der Waals surface area (Å²) in [5.41, 5.74) is -0.359. The average Bonchev–Trinajstić information content (AvgIpc) is 2.77. The highest BCUT2D eigenvalue weighted by molar-refractivity contribution is 9.10. The monoisotopic (exact) mass is 399 g/mol. The van der Waals surface area contributed by atoms with Crippen molar-refractivity contribution < 1.29 is 19.4 Å². The van der Waals surface area contributed by atoms with Crippen molar-refractivity contribution in [1.29, 1.82) is 0 Å². The van der Waals surface area contributed by atoms with Crippen LogP contribution in [0.4, 0.5) is 10.5 Å². The van der Waals surface area contributed by atoms with E-state index in [-0.39, 0.29) is 5.56 Å². The van der Waals surface area contributed by atoms with Crippen LogP contribution in [0.3, 0.4) is 0 Å². The second-order valence-electron chi connectivity index (χ2n) is 7.18. The largest absolute Gasteiger partial charge is 0.478 e. The first-order valence-electron chi connectivity index (χ1n) is 7.64. The average molecular weight is 400 g/mol. The Morgan fingerprint density at radius 1 is 1.42 bits per heavy atom. The quantitative estimate of drug-likeness (QED) is 0.811. The molecule has 24 heavy (non-hydrogen) atoms. The van der Waals surface area contributed by atoms with Gasteiger partial charge in [0, 0.05) is 25.5 Å². The van der Waals surface area contributed by atoms with Gasteiger partial charge in [0.2, 0.25) is 0 Å². The van der Waals surface area contributed by atoms with Crippen LogP contribution in [0.25, 0.3) is 0 Å². The Morgan fingerprint density at radius 2 is 2.08 bits per heavy atom. The zero-order valence-electron chi connectivity index (χ0n) is 14.2. The topological polar surface area (TPSA) is 91.8 Å². The van der Waals surface area contributed by atoms with Crippen molar-refractivity contribution in [3.05, 3.63) is 22.4 Å². The number of aromatic nitrogens is 1. The highest BCUT2D eigenvalue weighted by atomic mass is 79.9. The number of hydrogen-bond donors (Lipinski definition) is 2. The lowest BCUT2D eigenvalue weighted by atomic mass is 10.0. The number of anilines is 1. The molecular weight excluding hydrogens is 378 g/mol. The van der Waals surface area contributed by atoms with Crippen molar-refractivity contribution in [2.45, 2.75) is 45.3 Å². The van der Waals surface area contributed by atoms with Crippen LogP contribution in [-0.2, 0) is 4.74 Å². The summed E-state index contributed by atoms with van der Waals surface area (Å²) in [5, 5.41) is 12.3. The molecular formula is C16H22BrN3O4. The normalized spacial score (nSPS) is 20.8. The highest BCUT2D eigenvalue weighted by Crippen LogP contribution is 2.34. The summed E-state index contributed by atoms with van der Waals surface area (Å²) in [5.74, 6) is -1.03. The highest BCUT2D eigenvalue weighted by Gasteiger charge is 2.38. The zero-order chi connectivity index (χ0) is 18.1. The van der Waals surface area contributed by atoms with Gasteiger partial charge in [0.15, 0.2) is 0 Å². The van der Waals surface area contributed by atoms with Crippen LogP contribution in [0.1, 0.15) is 44.5 Å². The lowest BCUT2D eigenvalue weighted by Gasteiger charge is -2.29. The standard InChI is InChI=1S/C16H22BrN3O4/c1-15(2,3)24-14(23)19-16(4)5-6-20(9-16)12-10(13(21)22)7-18-8-11(12)17/h7-8H,5-6,9H2,1-4H3,(H,19,23)(H,21,22). The van der Waals surface area contributed by atoms with Gasteiger partial charge in [0.1, 0.15) is 11.2 Å². The van der Waals surface area contributed by atoms with E-state index in [0.29, 0.717) is 29.7 Å². The van der Waals surface area contributed by atoms with Crippen LogP contribution < -0.4 is 10.2 Å². The molecule has 7 nitrogen and oxygen atoms in total. The molecule has 0 spiro atoms. The number of nitrogens with zero attached hydrogens (tertiary/aromatic N) is 2. The molecule has 1 fully saturated rings. The van der Waals surface area contributed by atoms with E-state index >= 15 is 0 Å². The first kappa shape index (κ1) is 18.5. The fourth-order valence-electron chi connectivity index (χ4n) is 2.71. The van der Waals surface area contributed by atoms with E-state index in [9.17, 15) is 14.7 Å². The van der Waals surface area contributed by atoms with Crippen LogP contribution in [0.15, 0.2) is 16.9 Å². The van der Waals surface area contributed by atoms with E-state index in [1.165, 1.54) is 6.20 Å². The smallest absolute Gasteiger partial charge is 0.408 e. The molecule has 0 radical (unpaired) electrons. The fraction of sp³-hybridized carbons (Fsp3) is 0.562. The number of nitrogens with one attached hydrogen (secondary N) is 1. The Balaban J connectivity index is 2.16. The first-order chi connectivity index (χ1) is 11.0. The third kappa shape index (κ3) is 4.37. The summed E-state index contributed by atoms with van der Waals surface area (Å²) < 4.78 is 5.92. The van der Waals surface area contributed by atoms with Gasteiger partial charge in [-0.05, 0) is 50.0 Å². The number of carboxylic acids is 1. The summed E-state index contributed by atoms with van der Waals surface area (Å²) in [6.07, 6.45) is 3.11. The molecule has 132 valence electrons. The van der Waals surface area contributed by atoms with Gasteiger partial charge in [0.25, 0.3) is 0 Å². The summed E-state index contributed by atoms with van der Waals surface area (Å²) in [6.45, 7) is 8.45. The summed E-state index contributed by atoms with van der Waals surface area (Å²) in [6, 6.07) is 0. The van der Waals surface area contributed by atoms with Gasteiger partial charge >= 0.3 is 12.1 Å². The second kappa shape index (κ2) is 6.58. The molecule has 1 unspecified atom stereocenters. The van der Waals surface area contributed by atoms with E-state index in [2.05, 4.69) is 26.2 Å². The summed E-state index contributed by atoms with van der Waals surface area (Å²) in [7, 11) is 0. The lowest BCUT2D eigenvalue weighted by Crippen LogP contribution is -2.49. The number of amides is 1. The van der Waals surface area contributed by atoms with Crippen LogP contribution in [0.5, 0.6) is 0 Å². The van der Waals surface area contributed by atoms with Crippen LogP contribution >= 0.6 is 15.9 Å². The molecule has 1 aromatic heterocycles. The Bertz CT molecular complexity index is 659. The molecule has 1 amide bonds. The Morgan fingerprint density at radius 3 is 2.67 bits per heavy atom. The van der Waals surface area contributed by atoms with Crippen molar-refractivity contribution in [3.8, 4) is 0 Å². The van der Waals surface area contributed by atoms with E-state index < -0.39 is 23.2 Å². The number of alkyl carbamates (subject to hydrolysis) is 1. The predicted molar refractivity (Wildman–Crippen MR) is 93.5 cm³/mol. The van der Waals surface area contributed by atoms with E-state index in [1.54, 1.807) is 6.20 Å². The molecule has 1 aliphatic rings. The van der Waals surface area contributed by atoms with Crippen molar-refractivity contribution in [2.75, 3.05) is 18.0 Å². The number of carboxylic acid groups (broad SMARTS) is 1. The molecule has 2 rings (SSSR count). The SMILES string of the molecule is CC1(NC(=O)OC(C)(C)C)CCN(c2c(Br)cncc2C(=O)O)C1. The van der Waals surface area contributed by atoms with Crippen molar-refractivity contribution >= 4 is 33.7 Å². The van der Waals surface area contributed by atoms with Gasteiger partial charge < -0.3 is 20.1 Å². The Labute approximate surface area is 149 Å². The van der Waals surface area contributed by atoms with Crippen LogP contribution in [0.2, 0.25) is 0 Å². The molecule has 1 aromatic rings. The van der Waals surface area contributed by atoms with E-state index in [4.69, 9.17) is 4.74 Å². The summed E-state index contributed by atoms with van der Waals surface area (Å²) in [4.78, 5) is 29.3. The zero-order valence-corrected chi connectivity index (χ0v) is 15.8. The fourth-order valence-corrected chi connectivity index (χ4v) is 3.29. The van der Waals surface area contributed by atoms with E-state index in [1.807, 2.05) is 32.6 Å². The van der Waals surface area contributed by atoms with Gasteiger partial charge in [-0.2, -0.15) is 0 Å². The van der Waals surface area contributed by atoms with Crippen LogP contribution in [-0.4, -0.2) is 46.4 Å². The van der Waals surface area contributed by atoms with Crippen molar-refractivity contribution in [1.82, 2.24) is 10.3 Å².